The molecular formula is C19H28N2O2. The van der Waals surface area contributed by atoms with E-state index >= 15 is 0 Å². The third-order valence-electron chi connectivity index (χ3n) is 4.36. The Morgan fingerprint density at radius 1 is 1.30 bits per heavy atom. The molecule has 1 atom stereocenters. The predicted octanol–water partition coefficient (Wildman–Crippen LogP) is 4.05. The van der Waals surface area contributed by atoms with E-state index in [-0.39, 0.29) is 17.9 Å². The SMILES string of the molecule is CCC1CCC/C1=N\NC(=O)COc1ccc(C(C)(C)C)cc1. The number of hydrogen-bond donors (Lipinski definition) is 1. The van der Waals surface area contributed by atoms with Crippen molar-refractivity contribution in [2.24, 2.45) is 11.0 Å². The Hall–Kier alpha value is -1.84. The molecule has 1 amide bonds. The molecule has 0 radical (unpaired) electrons. The molecule has 0 aromatic heterocycles. The summed E-state index contributed by atoms with van der Waals surface area (Å²) in [4.78, 5) is 11.9. The smallest absolute Gasteiger partial charge is 0.277 e. The van der Waals surface area contributed by atoms with Crippen molar-refractivity contribution in [1.29, 1.82) is 0 Å². The average molecular weight is 316 g/mol. The standard InChI is InChI=1S/C19H28N2O2/c1-5-14-7-6-8-17(14)20-21-18(22)13-23-16-11-9-15(10-12-16)19(2,3)4/h9-12,14H,5-8,13H2,1-4H3,(H,21,22)/b20-17+. The molecule has 4 nitrogen and oxygen atoms in total. The highest BCUT2D eigenvalue weighted by Gasteiger charge is 2.21. The molecule has 1 saturated carbocycles. The van der Waals surface area contributed by atoms with E-state index in [9.17, 15) is 4.79 Å². The second-order valence-corrected chi connectivity index (χ2v) is 7.20. The van der Waals surface area contributed by atoms with Crippen LogP contribution in [0.5, 0.6) is 5.75 Å². The molecule has 1 aliphatic carbocycles. The summed E-state index contributed by atoms with van der Waals surface area (Å²) >= 11 is 0. The highest BCUT2D eigenvalue weighted by Crippen LogP contribution is 2.25. The van der Waals surface area contributed by atoms with E-state index in [1.54, 1.807) is 0 Å². The number of carbonyl (C=O) groups excluding carboxylic acids is 1. The maximum atomic E-state index is 11.9. The van der Waals surface area contributed by atoms with Gasteiger partial charge in [-0.3, -0.25) is 4.79 Å². The Morgan fingerprint density at radius 2 is 2.00 bits per heavy atom. The van der Waals surface area contributed by atoms with Crippen molar-refractivity contribution in [3.8, 4) is 5.75 Å². The minimum Gasteiger partial charge on any atom is -0.484 e. The molecule has 2 rings (SSSR count). The van der Waals surface area contributed by atoms with E-state index in [1.807, 2.05) is 24.3 Å². The molecular weight excluding hydrogens is 288 g/mol. The molecule has 1 fully saturated rings. The average Bonchev–Trinajstić information content (AvgIpc) is 2.98. The summed E-state index contributed by atoms with van der Waals surface area (Å²) in [6.45, 7) is 8.66. The molecule has 23 heavy (non-hydrogen) atoms. The van der Waals surface area contributed by atoms with Crippen LogP contribution in [0.15, 0.2) is 29.4 Å². The van der Waals surface area contributed by atoms with Gasteiger partial charge in [0.15, 0.2) is 6.61 Å². The summed E-state index contributed by atoms with van der Waals surface area (Å²) in [6, 6.07) is 7.89. The Labute approximate surface area is 139 Å². The molecule has 0 saturated heterocycles. The van der Waals surface area contributed by atoms with Crippen LogP contribution in [-0.4, -0.2) is 18.2 Å². The lowest BCUT2D eigenvalue weighted by atomic mass is 9.87. The fourth-order valence-electron chi connectivity index (χ4n) is 2.85. The number of nitrogens with one attached hydrogen (secondary N) is 1. The van der Waals surface area contributed by atoms with Crippen LogP contribution in [-0.2, 0) is 10.2 Å². The number of ether oxygens (including phenoxy) is 1. The minimum absolute atomic E-state index is 0.0115. The monoisotopic (exact) mass is 316 g/mol. The first-order chi connectivity index (χ1) is 10.9. The second-order valence-electron chi connectivity index (χ2n) is 7.20. The van der Waals surface area contributed by atoms with Crippen molar-refractivity contribution in [3.05, 3.63) is 29.8 Å². The lowest BCUT2D eigenvalue weighted by Gasteiger charge is -2.19. The van der Waals surface area contributed by atoms with E-state index in [4.69, 9.17) is 4.74 Å². The summed E-state index contributed by atoms with van der Waals surface area (Å²) in [7, 11) is 0. The van der Waals surface area contributed by atoms with Gasteiger partial charge in [-0.05, 0) is 54.7 Å². The van der Waals surface area contributed by atoms with Gasteiger partial charge in [-0.15, -0.1) is 0 Å². The molecule has 1 aliphatic rings. The van der Waals surface area contributed by atoms with Gasteiger partial charge >= 0.3 is 0 Å². The van der Waals surface area contributed by atoms with Crippen LogP contribution < -0.4 is 10.2 Å². The molecule has 1 aromatic carbocycles. The fourth-order valence-corrected chi connectivity index (χ4v) is 2.85. The minimum atomic E-state index is -0.209. The largest absolute Gasteiger partial charge is 0.484 e. The number of benzene rings is 1. The van der Waals surface area contributed by atoms with E-state index in [0.717, 1.165) is 18.6 Å². The topological polar surface area (TPSA) is 50.7 Å². The second kappa shape index (κ2) is 7.62. The molecule has 0 aliphatic heterocycles. The van der Waals surface area contributed by atoms with Crippen LogP contribution in [0.4, 0.5) is 0 Å². The first-order valence-electron chi connectivity index (χ1n) is 8.48. The maximum absolute atomic E-state index is 11.9. The number of rotatable bonds is 5. The molecule has 0 heterocycles. The lowest BCUT2D eigenvalue weighted by Crippen LogP contribution is -2.26. The molecule has 1 N–H and O–H groups in total. The number of nitrogens with zero attached hydrogens (tertiary/aromatic N) is 1. The van der Waals surface area contributed by atoms with E-state index < -0.39 is 0 Å². The highest BCUT2D eigenvalue weighted by atomic mass is 16.5. The van der Waals surface area contributed by atoms with Crippen LogP contribution in [0.3, 0.4) is 0 Å². The van der Waals surface area contributed by atoms with Crippen molar-refractivity contribution in [1.82, 2.24) is 5.43 Å². The number of hydrazone groups is 1. The third kappa shape index (κ3) is 5.08. The zero-order chi connectivity index (χ0) is 16.9. The van der Waals surface area contributed by atoms with Crippen molar-refractivity contribution in [2.45, 2.75) is 58.8 Å². The van der Waals surface area contributed by atoms with Crippen LogP contribution in [0.2, 0.25) is 0 Å². The normalized spacial score (nSPS) is 19.8. The first-order valence-corrected chi connectivity index (χ1v) is 8.48. The summed E-state index contributed by atoms with van der Waals surface area (Å²) < 4.78 is 5.52. The van der Waals surface area contributed by atoms with Crippen LogP contribution >= 0.6 is 0 Å². The van der Waals surface area contributed by atoms with Gasteiger partial charge in [-0.25, -0.2) is 5.43 Å². The quantitative estimate of drug-likeness (QED) is 0.833. The Balaban J connectivity index is 1.81. The molecule has 4 heteroatoms. The summed E-state index contributed by atoms with van der Waals surface area (Å²) in [5.41, 5.74) is 5.10. The Kier molecular flexibility index (Phi) is 5.80. The van der Waals surface area contributed by atoms with Gasteiger partial charge in [-0.1, -0.05) is 39.8 Å². The Bertz CT molecular complexity index is 556. The number of amides is 1. The van der Waals surface area contributed by atoms with Gasteiger partial charge in [0.1, 0.15) is 5.75 Å². The van der Waals surface area contributed by atoms with Crippen LogP contribution in [0.25, 0.3) is 0 Å². The third-order valence-corrected chi connectivity index (χ3v) is 4.36. The van der Waals surface area contributed by atoms with Crippen molar-refractivity contribution >= 4 is 11.6 Å². The zero-order valence-corrected chi connectivity index (χ0v) is 14.7. The molecule has 126 valence electrons. The van der Waals surface area contributed by atoms with Gasteiger partial charge < -0.3 is 4.74 Å². The first kappa shape index (κ1) is 17.5. The van der Waals surface area contributed by atoms with Gasteiger partial charge in [0, 0.05) is 5.71 Å². The predicted molar refractivity (Wildman–Crippen MR) is 93.8 cm³/mol. The molecule has 0 bridgehead atoms. The van der Waals surface area contributed by atoms with Crippen molar-refractivity contribution in [2.75, 3.05) is 6.61 Å². The molecule has 1 unspecified atom stereocenters. The Morgan fingerprint density at radius 3 is 2.61 bits per heavy atom. The zero-order valence-electron chi connectivity index (χ0n) is 14.7. The van der Waals surface area contributed by atoms with E-state index in [1.165, 1.54) is 18.4 Å². The van der Waals surface area contributed by atoms with E-state index in [0.29, 0.717) is 11.7 Å². The van der Waals surface area contributed by atoms with Crippen LogP contribution in [0.1, 0.15) is 58.9 Å². The van der Waals surface area contributed by atoms with Gasteiger partial charge in [-0.2, -0.15) is 5.10 Å². The van der Waals surface area contributed by atoms with Gasteiger partial charge in [0.2, 0.25) is 0 Å². The molecule has 0 spiro atoms. The van der Waals surface area contributed by atoms with Crippen LogP contribution in [0, 0.1) is 5.92 Å². The summed E-state index contributed by atoms with van der Waals surface area (Å²) in [5, 5.41) is 4.27. The maximum Gasteiger partial charge on any atom is 0.277 e. The lowest BCUT2D eigenvalue weighted by molar-refractivity contribution is -0.123. The van der Waals surface area contributed by atoms with Gasteiger partial charge in [0.25, 0.3) is 5.91 Å². The van der Waals surface area contributed by atoms with E-state index in [2.05, 4.69) is 38.2 Å². The van der Waals surface area contributed by atoms with Crippen molar-refractivity contribution < 1.29 is 9.53 Å². The van der Waals surface area contributed by atoms with Gasteiger partial charge in [0.05, 0.1) is 0 Å². The van der Waals surface area contributed by atoms with Crippen molar-refractivity contribution in [3.63, 3.8) is 0 Å². The number of carbonyl (C=O) groups is 1. The highest BCUT2D eigenvalue weighted by molar-refractivity contribution is 5.89. The summed E-state index contributed by atoms with van der Waals surface area (Å²) in [5.74, 6) is 1.02. The number of hydrogen-bond acceptors (Lipinski definition) is 3. The summed E-state index contributed by atoms with van der Waals surface area (Å²) in [6.07, 6.45) is 4.44. The molecule has 1 aromatic rings. The fraction of sp³-hybridized carbons (Fsp3) is 0.579.